The van der Waals surface area contributed by atoms with Crippen LogP contribution in [-0.4, -0.2) is 17.9 Å². The first-order valence-electron chi connectivity index (χ1n) is 14.2. The van der Waals surface area contributed by atoms with Crippen molar-refractivity contribution in [3.63, 3.8) is 0 Å². The van der Waals surface area contributed by atoms with Crippen LogP contribution in [0.25, 0.3) is 0 Å². The molecule has 33 heavy (non-hydrogen) atoms. The highest BCUT2D eigenvalue weighted by molar-refractivity contribution is 5.91. The molecule has 3 nitrogen and oxygen atoms in total. The molecule has 3 heteroatoms. The van der Waals surface area contributed by atoms with E-state index in [0.717, 1.165) is 49.4 Å². The van der Waals surface area contributed by atoms with Crippen molar-refractivity contribution in [1.29, 1.82) is 0 Å². The van der Waals surface area contributed by atoms with Gasteiger partial charge in [0, 0.05) is 24.7 Å². The van der Waals surface area contributed by atoms with Crippen LogP contribution in [0.1, 0.15) is 112 Å². The monoisotopic (exact) mass is 456 g/mol. The number of fused-ring (bicyclic) bond motifs is 4. The lowest BCUT2D eigenvalue weighted by molar-refractivity contribution is -0.172. The van der Waals surface area contributed by atoms with E-state index in [1.54, 1.807) is 0 Å². The van der Waals surface area contributed by atoms with Gasteiger partial charge in [-0.2, -0.15) is 0 Å². The highest BCUT2D eigenvalue weighted by atomic mass is 16.5. The zero-order valence-corrected chi connectivity index (χ0v) is 22.1. The minimum absolute atomic E-state index is 0.0209. The van der Waals surface area contributed by atoms with Crippen molar-refractivity contribution in [2.45, 2.75) is 118 Å². The summed E-state index contributed by atoms with van der Waals surface area (Å²) in [6.07, 6.45) is 13.2. The number of ether oxygens (including phenoxy) is 1. The highest BCUT2D eigenvalue weighted by Crippen LogP contribution is 2.79. The summed E-state index contributed by atoms with van der Waals surface area (Å²) in [6, 6.07) is 0. The molecule has 0 saturated heterocycles. The molecule has 0 unspecified atom stereocenters. The van der Waals surface area contributed by atoms with E-state index in [-0.39, 0.29) is 22.9 Å². The third kappa shape index (κ3) is 3.40. The van der Waals surface area contributed by atoms with E-state index in [1.165, 1.54) is 51.9 Å². The van der Waals surface area contributed by atoms with E-state index >= 15 is 0 Å². The molecule has 0 aromatic carbocycles. The second-order valence-corrected chi connectivity index (χ2v) is 13.9. The standard InChI is InChI=1S/C30H48O3/c1-18(2)8-7-9-19(3)22-10-11-23-21-16-27(32)30-17-25(30)26(33-20(4)31)13-15-29(30,6)24(21)12-14-28(22,23)5/h18-19,21-26H,7-17H2,1-6H3/t19-,21+,22-,23+,24+,25+,26+,28-,29-,30-/m1/s1. The smallest absolute Gasteiger partial charge is 0.302 e. The average Bonchev–Trinajstić information content (AvgIpc) is 3.40. The Kier molecular flexibility index (Phi) is 5.85. The second kappa shape index (κ2) is 8.09. The van der Waals surface area contributed by atoms with E-state index in [1.807, 2.05) is 0 Å². The summed E-state index contributed by atoms with van der Waals surface area (Å²) in [4.78, 5) is 25.5. The van der Waals surface area contributed by atoms with Crippen molar-refractivity contribution in [2.24, 2.45) is 57.7 Å². The van der Waals surface area contributed by atoms with Crippen molar-refractivity contribution in [1.82, 2.24) is 0 Å². The number of rotatable bonds is 6. The average molecular weight is 457 g/mol. The van der Waals surface area contributed by atoms with Crippen LogP contribution in [0.4, 0.5) is 0 Å². The summed E-state index contributed by atoms with van der Waals surface area (Å²) in [5.74, 6) is 5.10. The molecule has 5 fully saturated rings. The fourth-order valence-electron chi connectivity index (χ4n) is 10.6. The van der Waals surface area contributed by atoms with E-state index in [4.69, 9.17) is 4.74 Å². The number of carbonyl (C=O) groups is 2. The van der Waals surface area contributed by atoms with Gasteiger partial charge in [0.1, 0.15) is 11.9 Å². The lowest BCUT2D eigenvalue weighted by Crippen LogP contribution is -2.58. The SMILES string of the molecule is CC(=O)O[C@H]1CC[C@]2(C)[C@H]3CC[C@]4(C)[C@@H]([C@H](C)CCCC(C)C)CC[C@H]4[C@@H]3CC(=O)[C@]23C[C@@H]13. The van der Waals surface area contributed by atoms with Gasteiger partial charge >= 0.3 is 5.97 Å². The molecule has 0 aromatic rings. The summed E-state index contributed by atoms with van der Waals surface area (Å²) in [5.41, 5.74) is 0.372. The van der Waals surface area contributed by atoms with Crippen LogP contribution in [0.15, 0.2) is 0 Å². The van der Waals surface area contributed by atoms with Gasteiger partial charge in [0.15, 0.2) is 0 Å². The van der Waals surface area contributed by atoms with Crippen molar-refractivity contribution < 1.29 is 14.3 Å². The normalized spacial score (nSPS) is 49.0. The van der Waals surface area contributed by atoms with E-state index in [2.05, 4.69) is 34.6 Å². The predicted octanol–water partition coefficient (Wildman–Crippen LogP) is 7.22. The molecule has 5 rings (SSSR count). The minimum Gasteiger partial charge on any atom is -0.462 e. The van der Waals surface area contributed by atoms with Crippen molar-refractivity contribution >= 4 is 11.8 Å². The Bertz CT molecular complexity index is 802. The molecule has 186 valence electrons. The van der Waals surface area contributed by atoms with Crippen LogP contribution in [0.3, 0.4) is 0 Å². The molecule has 10 atom stereocenters. The summed E-state index contributed by atoms with van der Waals surface area (Å²) in [5, 5.41) is 0. The molecule has 1 spiro atoms. The molecular weight excluding hydrogens is 408 g/mol. The summed E-state index contributed by atoms with van der Waals surface area (Å²) < 4.78 is 5.70. The topological polar surface area (TPSA) is 43.4 Å². The molecule has 0 N–H and O–H groups in total. The van der Waals surface area contributed by atoms with Gasteiger partial charge in [-0.25, -0.2) is 0 Å². The number of Topliss-reactive ketones (excluding diaryl/α,β-unsaturated/α-hetero) is 1. The van der Waals surface area contributed by atoms with Crippen LogP contribution in [0.2, 0.25) is 0 Å². The van der Waals surface area contributed by atoms with Crippen LogP contribution < -0.4 is 0 Å². The van der Waals surface area contributed by atoms with Crippen molar-refractivity contribution in [3.8, 4) is 0 Å². The lowest BCUT2D eigenvalue weighted by Gasteiger charge is -2.61. The Morgan fingerprint density at radius 3 is 2.45 bits per heavy atom. The van der Waals surface area contributed by atoms with Crippen LogP contribution in [0.5, 0.6) is 0 Å². The minimum atomic E-state index is -0.181. The van der Waals surface area contributed by atoms with Gasteiger partial charge in [-0.1, -0.05) is 53.9 Å². The second-order valence-electron chi connectivity index (χ2n) is 13.9. The molecule has 0 aromatic heterocycles. The number of hydrogen-bond donors (Lipinski definition) is 0. The lowest BCUT2D eigenvalue weighted by atomic mass is 9.43. The maximum absolute atomic E-state index is 13.9. The molecule has 0 heterocycles. The summed E-state index contributed by atoms with van der Waals surface area (Å²) in [7, 11) is 0. The zero-order valence-electron chi connectivity index (χ0n) is 22.1. The molecule has 0 amide bonds. The third-order valence-corrected chi connectivity index (χ3v) is 12.1. The molecule has 5 aliphatic carbocycles. The van der Waals surface area contributed by atoms with Crippen LogP contribution in [0, 0.1) is 57.7 Å². The van der Waals surface area contributed by atoms with Crippen molar-refractivity contribution in [2.75, 3.05) is 0 Å². The Hall–Kier alpha value is -0.860. The van der Waals surface area contributed by atoms with E-state index in [0.29, 0.717) is 29.0 Å². The molecule has 0 radical (unpaired) electrons. The number of hydrogen-bond acceptors (Lipinski definition) is 3. The highest BCUT2D eigenvalue weighted by Gasteiger charge is 2.78. The van der Waals surface area contributed by atoms with Crippen LogP contribution >= 0.6 is 0 Å². The van der Waals surface area contributed by atoms with Gasteiger partial charge in [-0.05, 0) is 91.3 Å². The fraction of sp³-hybridized carbons (Fsp3) is 0.933. The summed E-state index contributed by atoms with van der Waals surface area (Å²) >= 11 is 0. The molecular formula is C30H48O3. The fourth-order valence-corrected chi connectivity index (χ4v) is 10.6. The van der Waals surface area contributed by atoms with Crippen molar-refractivity contribution in [3.05, 3.63) is 0 Å². The molecule has 0 aliphatic heterocycles. The number of esters is 1. The quantitative estimate of drug-likeness (QED) is 0.396. The van der Waals surface area contributed by atoms with Gasteiger partial charge in [-0.3, -0.25) is 9.59 Å². The maximum atomic E-state index is 13.9. The predicted molar refractivity (Wildman–Crippen MR) is 131 cm³/mol. The largest absolute Gasteiger partial charge is 0.462 e. The maximum Gasteiger partial charge on any atom is 0.302 e. The Morgan fingerprint density at radius 2 is 1.76 bits per heavy atom. The summed E-state index contributed by atoms with van der Waals surface area (Å²) in [6.45, 7) is 13.8. The molecule has 5 aliphatic rings. The van der Waals surface area contributed by atoms with Gasteiger partial charge in [0.2, 0.25) is 0 Å². The van der Waals surface area contributed by atoms with Gasteiger partial charge in [0.25, 0.3) is 0 Å². The first kappa shape index (κ1) is 23.9. The first-order chi connectivity index (χ1) is 15.5. The Labute approximate surface area is 202 Å². The Balaban J connectivity index is 1.34. The van der Waals surface area contributed by atoms with E-state index in [9.17, 15) is 9.59 Å². The van der Waals surface area contributed by atoms with Gasteiger partial charge < -0.3 is 4.74 Å². The van der Waals surface area contributed by atoms with Crippen LogP contribution in [-0.2, 0) is 14.3 Å². The third-order valence-electron chi connectivity index (χ3n) is 12.1. The molecule has 0 bridgehead atoms. The number of ketones is 1. The molecule has 5 saturated carbocycles. The van der Waals surface area contributed by atoms with Gasteiger partial charge in [-0.15, -0.1) is 0 Å². The zero-order chi connectivity index (χ0) is 23.8. The first-order valence-corrected chi connectivity index (χ1v) is 14.2. The Morgan fingerprint density at radius 1 is 1.00 bits per heavy atom. The van der Waals surface area contributed by atoms with E-state index < -0.39 is 0 Å². The number of carbonyl (C=O) groups excluding carboxylic acids is 2. The van der Waals surface area contributed by atoms with Gasteiger partial charge in [0.05, 0.1) is 0 Å².